The smallest absolute Gasteiger partial charge is 0.337 e. The summed E-state index contributed by atoms with van der Waals surface area (Å²) in [7, 11) is 1.31. The Labute approximate surface area is 146 Å². The molecule has 0 heterocycles. The number of aryl methyl sites for hydroxylation is 1. The molecule has 25 heavy (non-hydrogen) atoms. The van der Waals surface area contributed by atoms with Crippen LogP contribution in [-0.4, -0.2) is 31.8 Å². The van der Waals surface area contributed by atoms with Gasteiger partial charge < -0.3 is 14.9 Å². The number of nitrogens with one attached hydrogen (secondary N) is 1. The van der Waals surface area contributed by atoms with Crippen LogP contribution >= 0.6 is 0 Å². The van der Waals surface area contributed by atoms with Crippen LogP contribution in [0.4, 0.5) is 5.69 Å². The van der Waals surface area contributed by atoms with E-state index in [1.807, 2.05) is 24.3 Å². The van der Waals surface area contributed by atoms with Crippen LogP contribution in [0.3, 0.4) is 0 Å². The molecule has 0 unspecified atom stereocenters. The highest BCUT2D eigenvalue weighted by Crippen LogP contribution is 2.10. The van der Waals surface area contributed by atoms with E-state index in [-0.39, 0.29) is 12.5 Å². The molecule has 0 bridgehead atoms. The molecule has 0 fully saturated rings. The van der Waals surface area contributed by atoms with Crippen molar-refractivity contribution >= 4 is 23.8 Å². The van der Waals surface area contributed by atoms with E-state index in [0.29, 0.717) is 11.3 Å². The van der Waals surface area contributed by atoms with E-state index in [9.17, 15) is 9.59 Å². The van der Waals surface area contributed by atoms with Crippen molar-refractivity contribution in [3.05, 3.63) is 65.2 Å². The Morgan fingerprint density at radius 2 is 1.76 bits per heavy atom. The van der Waals surface area contributed by atoms with Crippen molar-refractivity contribution in [3.63, 3.8) is 0 Å². The summed E-state index contributed by atoms with van der Waals surface area (Å²) in [5.41, 5.74) is 3.11. The summed E-state index contributed by atoms with van der Waals surface area (Å²) in [6.45, 7) is 1.89. The fraction of sp³-hybridized carbons (Fsp3) is 0.211. The summed E-state index contributed by atoms with van der Waals surface area (Å²) in [4.78, 5) is 28.1. The summed E-state index contributed by atoms with van der Waals surface area (Å²) < 4.78 is 4.61. The van der Waals surface area contributed by atoms with Crippen LogP contribution < -0.4 is 5.32 Å². The van der Waals surface area contributed by atoms with Gasteiger partial charge in [0.05, 0.1) is 18.9 Å². The highest BCUT2D eigenvalue weighted by molar-refractivity contribution is 5.93. The number of anilines is 1. The number of esters is 1. The minimum absolute atomic E-state index is 0.206. The first-order valence-electron chi connectivity index (χ1n) is 7.85. The zero-order valence-corrected chi connectivity index (χ0v) is 14.2. The third kappa shape index (κ3) is 5.76. The number of nitrogens with zero attached hydrogens (tertiary/aromatic N) is 1. The van der Waals surface area contributed by atoms with Crippen molar-refractivity contribution in [2.75, 3.05) is 19.0 Å². The fourth-order valence-electron chi connectivity index (χ4n) is 2.04. The minimum atomic E-state index is -0.428. The number of rotatable bonds is 7. The number of ether oxygens (including phenoxy) is 1. The van der Waals surface area contributed by atoms with Crippen LogP contribution in [0.2, 0.25) is 0 Å². The number of amides is 1. The van der Waals surface area contributed by atoms with Gasteiger partial charge >= 0.3 is 5.97 Å². The van der Waals surface area contributed by atoms with E-state index in [1.165, 1.54) is 12.7 Å². The number of carbonyl (C=O) groups excluding carboxylic acids is 2. The minimum Gasteiger partial charge on any atom is -0.465 e. The molecule has 0 aromatic heterocycles. The average molecular weight is 340 g/mol. The quantitative estimate of drug-likeness (QED) is 0.477. The van der Waals surface area contributed by atoms with Crippen LogP contribution in [0.15, 0.2) is 53.7 Å². The van der Waals surface area contributed by atoms with Gasteiger partial charge in [-0.25, -0.2) is 4.79 Å². The molecule has 0 aliphatic carbocycles. The number of oxime groups is 1. The lowest BCUT2D eigenvalue weighted by atomic mass is 10.1. The highest BCUT2D eigenvalue weighted by Gasteiger charge is 2.06. The maximum Gasteiger partial charge on any atom is 0.337 e. The molecule has 0 saturated carbocycles. The summed E-state index contributed by atoms with van der Waals surface area (Å²) in [5.74, 6) is -0.771. The van der Waals surface area contributed by atoms with Crippen molar-refractivity contribution in [2.45, 2.75) is 13.3 Å². The van der Waals surface area contributed by atoms with E-state index in [0.717, 1.165) is 12.0 Å². The second-order valence-electron chi connectivity index (χ2n) is 5.22. The molecule has 0 aliphatic heterocycles. The zero-order valence-electron chi connectivity index (χ0n) is 14.2. The Morgan fingerprint density at radius 3 is 2.36 bits per heavy atom. The van der Waals surface area contributed by atoms with E-state index in [1.54, 1.807) is 30.5 Å². The van der Waals surface area contributed by atoms with Crippen molar-refractivity contribution < 1.29 is 19.2 Å². The van der Waals surface area contributed by atoms with Gasteiger partial charge in [-0.2, -0.15) is 0 Å². The van der Waals surface area contributed by atoms with Crippen LogP contribution in [0, 0.1) is 0 Å². The second-order valence-corrected chi connectivity index (χ2v) is 5.22. The molecule has 1 N–H and O–H groups in total. The lowest BCUT2D eigenvalue weighted by Gasteiger charge is -2.05. The lowest BCUT2D eigenvalue weighted by molar-refractivity contribution is -0.120. The van der Waals surface area contributed by atoms with Crippen LogP contribution in [-0.2, 0) is 20.8 Å². The Kier molecular flexibility index (Phi) is 6.71. The van der Waals surface area contributed by atoms with Crippen molar-refractivity contribution in [2.24, 2.45) is 5.16 Å². The van der Waals surface area contributed by atoms with E-state index < -0.39 is 5.97 Å². The van der Waals surface area contributed by atoms with Gasteiger partial charge in [-0.3, -0.25) is 4.79 Å². The predicted octanol–water partition coefficient (Wildman–Crippen LogP) is 3.02. The Morgan fingerprint density at radius 1 is 1.08 bits per heavy atom. The Hall–Kier alpha value is -3.15. The molecule has 1 amide bonds. The van der Waals surface area contributed by atoms with Crippen LogP contribution in [0.5, 0.6) is 0 Å². The number of hydrogen-bond donors (Lipinski definition) is 1. The predicted molar refractivity (Wildman–Crippen MR) is 95.8 cm³/mol. The molecule has 2 aromatic carbocycles. The molecule has 130 valence electrons. The SMILES string of the molecule is CCc1ccc(/C=N\OCC(=O)Nc2ccc(C(=O)OC)cc2)cc1. The molecule has 0 aliphatic rings. The van der Waals surface area contributed by atoms with Gasteiger partial charge in [-0.05, 0) is 41.8 Å². The second kappa shape index (κ2) is 9.22. The van der Waals surface area contributed by atoms with Gasteiger partial charge in [0.2, 0.25) is 0 Å². The monoisotopic (exact) mass is 340 g/mol. The maximum absolute atomic E-state index is 11.8. The van der Waals surface area contributed by atoms with Gasteiger partial charge in [-0.1, -0.05) is 36.3 Å². The van der Waals surface area contributed by atoms with E-state index >= 15 is 0 Å². The normalized spacial score (nSPS) is 10.5. The molecule has 6 heteroatoms. The number of methoxy groups -OCH3 is 1. The zero-order chi connectivity index (χ0) is 18.1. The van der Waals surface area contributed by atoms with E-state index in [2.05, 4.69) is 22.1 Å². The van der Waals surface area contributed by atoms with Gasteiger partial charge in [0, 0.05) is 5.69 Å². The molecule has 0 radical (unpaired) electrons. The molecule has 0 atom stereocenters. The highest BCUT2D eigenvalue weighted by atomic mass is 16.6. The standard InChI is InChI=1S/C19H20N2O4/c1-3-14-4-6-15(7-5-14)12-20-25-13-18(22)21-17-10-8-16(9-11-17)19(23)24-2/h4-12H,3,13H2,1-2H3,(H,21,22)/b20-12-. The summed E-state index contributed by atoms with van der Waals surface area (Å²) in [6.07, 6.45) is 2.53. The summed E-state index contributed by atoms with van der Waals surface area (Å²) in [6, 6.07) is 14.3. The van der Waals surface area contributed by atoms with Crippen molar-refractivity contribution in [1.82, 2.24) is 0 Å². The summed E-state index contributed by atoms with van der Waals surface area (Å²) >= 11 is 0. The number of benzene rings is 2. The Balaban J connectivity index is 1.78. The topological polar surface area (TPSA) is 77.0 Å². The van der Waals surface area contributed by atoms with Gasteiger partial charge in [-0.15, -0.1) is 0 Å². The molecule has 2 aromatic rings. The number of carbonyl (C=O) groups is 2. The average Bonchev–Trinajstić information content (AvgIpc) is 2.65. The first kappa shape index (κ1) is 18.2. The molecule has 0 saturated heterocycles. The van der Waals surface area contributed by atoms with Gasteiger partial charge in [0.1, 0.15) is 0 Å². The fourth-order valence-corrected chi connectivity index (χ4v) is 2.04. The van der Waals surface area contributed by atoms with Crippen LogP contribution in [0.25, 0.3) is 0 Å². The Bertz CT molecular complexity index is 737. The number of hydrogen-bond acceptors (Lipinski definition) is 5. The molecular formula is C19H20N2O4. The molecular weight excluding hydrogens is 320 g/mol. The first-order valence-corrected chi connectivity index (χ1v) is 7.85. The largest absolute Gasteiger partial charge is 0.465 e. The summed E-state index contributed by atoms with van der Waals surface area (Å²) in [5, 5.41) is 6.43. The van der Waals surface area contributed by atoms with Crippen molar-refractivity contribution in [3.8, 4) is 0 Å². The van der Waals surface area contributed by atoms with E-state index in [4.69, 9.17) is 4.84 Å². The van der Waals surface area contributed by atoms with Gasteiger partial charge in [0.25, 0.3) is 5.91 Å². The van der Waals surface area contributed by atoms with Crippen molar-refractivity contribution in [1.29, 1.82) is 0 Å². The first-order chi connectivity index (χ1) is 12.1. The third-order valence-electron chi connectivity index (χ3n) is 3.45. The van der Waals surface area contributed by atoms with Crippen LogP contribution in [0.1, 0.15) is 28.4 Å². The van der Waals surface area contributed by atoms with Gasteiger partial charge in [0.15, 0.2) is 6.61 Å². The third-order valence-corrected chi connectivity index (χ3v) is 3.45. The molecule has 2 rings (SSSR count). The molecule has 0 spiro atoms. The maximum atomic E-state index is 11.8. The lowest BCUT2D eigenvalue weighted by Crippen LogP contribution is -2.17. The molecule has 6 nitrogen and oxygen atoms in total.